The smallest absolute Gasteiger partial charge is 0.252 e. The number of carbonyl (C=O) groups excluding carboxylic acids is 3. The van der Waals surface area contributed by atoms with Gasteiger partial charge < -0.3 is 5.32 Å². The Balaban J connectivity index is 1.61. The van der Waals surface area contributed by atoms with Crippen molar-refractivity contribution in [2.75, 3.05) is 9.80 Å². The molecule has 2 aromatic carbocycles. The largest absolute Gasteiger partial charge is 0.351 e. The van der Waals surface area contributed by atoms with E-state index in [9.17, 15) is 28.4 Å². The molecule has 0 radical (unpaired) electrons. The van der Waals surface area contributed by atoms with Gasteiger partial charge in [0.05, 0.1) is 0 Å². The van der Waals surface area contributed by atoms with Gasteiger partial charge in [-0.1, -0.05) is 41.9 Å². The van der Waals surface area contributed by atoms with Crippen LogP contribution in [0.2, 0.25) is 5.02 Å². The van der Waals surface area contributed by atoms with Gasteiger partial charge in [-0.2, -0.15) is 5.26 Å². The zero-order valence-corrected chi connectivity index (χ0v) is 22.7. The van der Waals surface area contributed by atoms with E-state index < -0.39 is 54.6 Å². The van der Waals surface area contributed by atoms with Gasteiger partial charge >= 0.3 is 0 Å². The van der Waals surface area contributed by atoms with Crippen LogP contribution in [-0.2, 0) is 14.4 Å². The summed E-state index contributed by atoms with van der Waals surface area (Å²) in [4.78, 5) is 52.0. The lowest BCUT2D eigenvalue weighted by Crippen LogP contribution is -2.56. The monoisotopic (exact) mass is 578 g/mol. The number of nitrogens with one attached hydrogen (secondary N) is 1. The Labute approximate surface area is 239 Å². The van der Waals surface area contributed by atoms with Crippen LogP contribution in [0, 0.1) is 18.3 Å². The van der Waals surface area contributed by atoms with Gasteiger partial charge in [-0.25, -0.2) is 18.7 Å². The first kappa shape index (κ1) is 28.1. The number of amides is 3. The highest BCUT2D eigenvalue weighted by Crippen LogP contribution is 2.39. The number of alkyl halides is 2. The van der Waals surface area contributed by atoms with Crippen molar-refractivity contribution in [1.29, 1.82) is 5.26 Å². The van der Waals surface area contributed by atoms with Crippen molar-refractivity contribution < 1.29 is 23.2 Å². The minimum Gasteiger partial charge on any atom is -0.351 e. The highest BCUT2D eigenvalue weighted by atomic mass is 35.5. The molecule has 1 saturated carbocycles. The molecule has 2 heterocycles. The molecule has 3 amide bonds. The molecule has 2 aliphatic rings. The number of halogens is 3. The molecule has 1 N–H and O–H groups in total. The molecule has 0 bridgehead atoms. The van der Waals surface area contributed by atoms with Crippen LogP contribution in [0.4, 0.5) is 20.4 Å². The number of aromatic nitrogens is 2. The summed E-state index contributed by atoms with van der Waals surface area (Å²) in [7, 11) is 0. The zero-order chi connectivity index (χ0) is 29.3. The molecule has 1 aromatic heterocycles. The van der Waals surface area contributed by atoms with Gasteiger partial charge in [-0.3, -0.25) is 24.2 Å². The molecule has 9 nitrogen and oxygen atoms in total. The molecule has 1 aliphatic carbocycles. The van der Waals surface area contributed by atoms with Crippen LogP contribution in [0.3, 0.4) is 0 Å². The summed E-state index contributed by atoms with van der Waals surface area (Å²) in [5.41, 5.74) is 1.44. The molecule has 210 valence electrons. The number of anilines is 2. The fourth-order valence-electron chi connectivity index (χ4n) is 5.17. The molecule has 5 rings (SSSR count). The summed E-state index contributed by atoms with van der Waals surface area (Å²) < 4.78 is 27.2. The molecular formula is C29H25ClF2N6O3. The normalized spacial score (nSPS) is 18.8. The highest BCUT2D eigenvalue weighted by Gasteiger charge is 2.48. The number of nitriles is 1. The van der Waals surface area contributed by atoms with Crippen molar-refractivity contribution in [3.05, 3.63) is 82.6 Å². The van der Waals surface area contributed by atoms with Crippen LogP contribution in [0.25, 0.3) is 0 Å². The second kappa shape index (κ2) is 11.2. The SMILES string of the molecule is Cc1cccc(N(C(=O)[C@@H]2CCC(=O)N2c2nccc(C#N)n2)[C@H](C(=O)NC2CC(F)(F)C2)c2ccccc2Cl)c1. The average Bonchev–Trinajstić information content (AvgIpc) is 3.32. The molecule has 41 heavy (non-hydrogen) atoms. The van der Waals surface area contributed by atoms with Gasteiger partial charge in [0.25, 0.3) is 11.8 Å². The Morgan fingerprint density at radius 1 is 1.20 bits per heavy atom. The van der Waals surface area contributed by atoms with Crippen molar-refractivity contribution >= 4 is 41.0 Å². The van der Waals surface area contributed by atoms with Crippen LogP contribution in [-0.4, -0.2) is 45.7 Å². The minimum absolute atomic E-state index is 0.0122. The van der Waals surface area contributed by atoms with E-state index >= 15 is 0 Å². The summed E-state index contributed by atoms with van der Waals surface area (Å²) in [6.45, 7) is 1.82. The van der Waals surface area contributed by atoms with Gasteiger partial charge in [-0.05, 0) is 43.2 Å². The highest BCUT2D eigenvalue weighted by molar-refractivity contribution is 6.31. The molecule has 2 fully saturated rings. The predicted molar refractivity (Wildman–Crippen MR) is 146 cm³/mol. The standard InChI is InChI=1S/C29H25ClF2N6O3/c1-17-5-4-6-20(13-17)37(27(41)23-9-10-24(39)38(23)28-34-12-11-18(16-33)36-28)25(21-7-2-3-8-22(21)30)26(40)35-19-14-29(31,32)15-19/h2-8,11-13,19,23,25H,9-10,14-15H2,1H3,(H,35,40)/t23-,25-/m0/s1. The summed E-state index contributed by atoms with van der Waals surface area (Å²) >= 11 is 6.55. The maximum absolute atomic E-state index is 14.5. The van der Waals surface area contributed by atoms with Gasteiger partial charge in [0.1, 0.15) is 23.8 Å². The number of nitrogens with zero attached hydrogens (tertiary/aromatic N) is 5. The molecule has 2 atom stereocenters. The van der Waals surface area contributed by atoms with E-state index in [-0.39, 0.29) is 35.1 Å². The van der Waals surface area contributed by atoms with E-state index in [1.54, 1.807) is 42.5 Å². The number of carbonyl (C=O) groups is 3. The third-order valence-corrected chi connectivity index (χ3v) is 7.47. The van der Waals surface area contributed by atoms with Crippen LogP contribution >= 0.6 is 11.6 Å². The molecular weight excluding hydrogens is 554 g/mol. The Morgan fingerprint density at radius 2 is 1.95 bits per heavy atom. The van der Waals surface area contributed by atoms with Crippen molar-refractivity contribution in [3.8, 4) is 6.07 Å². The number of rotatable bonds is 7. The van der Waals surface area contributed by atoms with Crippen molar-refractivity contribution in [2.24, 2.45) is 0 Å². The van der Waals surface area contributed by atoms with Gasteiger partial charge in [0, 0.05) is 47.8 Å². The fraction of sp³-hybridized carbons (Fsp3) is 0.310. The Hall–Kier alpha value is -4.43. The van der Waals surface area contributed by atoms with E-state index in [1.165, 1.54) is 17.2 Å². The molecule has 0 unspecified atom stereocenters. The van der Waals surface area contributed by atoms with Crippen molar-refractivity contribution in [2.45, 2.75) is 56.7 Å². The van der Waals surface area contributed by atoms with Crippen LogP contribution in [0.5, 0.6) is 0 Å². The maximum atomic E-state index is 14.5. The van der Waals surface area contributed by atoms with Crippen LogP contribution in [0.1, 0.15) is 48.5 Å². The van der Waals surface area contributed by atoms with Gasteiger partial charge in [-0.15, -0.1) is 0 Å². The van der Waals surface area contributed by atoms with E-state index in [0.717, 1.165) is 10.5 Å². The first-order valence-electron chi connectivity index (χ1n) is 13.0. The van der Waals surface area contributed by atoms with E-state index in [0.29, 0.717) is 5.69 Å². The quantitative estimate of drug-likeness (QED) is 0.441. The van der Waals surface area contributed by atoms with Crippen LogP contribution < -0.4 is 15.1 Å². The maximum Gasteiger partial charge on any atom is 0.252 e. The van der Waals surface area contributed by atoms with E-state index in [2.05, 4.69) is 15.3 Å². The third-order valence-electron chi connectivity index (χ3n) is 7.13. The molecule has 0 spiro atoms. The second-order valence-electron chi connectivity index (χ2n) is 10.1. The van der Waals surface area contributed by atoms with E-state index in [1.807, 2.05) is 19.1 Å². The van der Waals surface area contributed by atoms with E-state index in [4.69, 9.17) is 11.6 Å². The average molecular weight is 579 g/mol. The number of aryl methyl sites for hydroxylation is 1. The fourth-order valence-corrected chi connectivity index (χ4v) is 5.41. The van der Waals surface area contributed by atoms with Crippen molar-refractivity contribution in [3.63, 3.8) is 0 Å². The summed E-state index contributed by atoms with van der Waals surface area (Å²) in [5, 5.41) is 12.2. The molecule has 12 heteroatoms. The Kier molecular flexibility index (Phi) is 7.69. The zero-order valence-electron chi connectivity index (χ0n) is 21.9. The van der Waals surface area contributed by atoms with Crippen molar-refractivity contribution in [1.82, 2.24) is 15.3 Å². The molecule has 1 aliphatic heterocycles. The second-order valence-corrected chi connectivity index (χ2v) is 10.5. The summed E-state index contributed by atoms with van der Waals surface area (Å²) in [6, 6.07) is 13.4. The summed E-state index contributed by atoms with van der Waals surface area (Å²) in [6.07, 6.45) is 0.415. The lowest BCUT2D eigenvalue weighted by atomic mass is 9.87. The molecule has 3 aromatic rings. The lowest BCUT2D eigenvalue weighted by molar-refractivity contribution is -0.133. The lowest BCUT2D eigenvalue weighted by Gasteiger charge is -2.39. The topological polar surface area (TPSA) is 119 Å². The summed E-state index contributed by atoms with van der Waals surface area (Å²) in [5.74, 6) is -4.70. The first-order valence-corrected chi connectivity index (χ1v) is 13.3. The van der Waals surface area contributed by atoms with Gasteiger partial charge in [0.15, 0.2) is 0 Å². The first-order chi connectivity index (χ1) is 19.6. The number of hydrogen-bond acceptors (Lipinski definition) is 6. The Morgan fingerprint density at radius 3 is 2.63 bits per heavy atom. The Bertz CT molecular complexity index is 1550. The minimum atomic E-state index is -2.87. The molecule has 1 saturated heterocycles. The number of hydrogen-bond donors (Lipinski definition) is 1. The number of benzene rings is 2. The van der Waals surface area contributed by atoms with Crippen LogP contribution in [0.15, 0.2) is 60.8 Å². The predicted octanol–water partition coefficient (Wildman–Crippen LogP) is 4.49. The van der Waals surface area contributed by atoms with Gasteiger partial charge in [0.2, 0.25) is 17.8 Å². The third kappa shape index (κ3) is 5.74.